The second-order valence-electron chi connectivity index (χ2n) is 3.55. The van der Waals surface area contributed by atoms with Gasteiger partial charge in [-0.25, -0.2) is 9.18 Å². The third-order valence-electron chi connectivity index (χ3n) is 2.49. The van der Waals surface area contributed by atoms with Gasteiger partial charge in [-0.15, -0.1) is 0 Å². The van der Waals surface area contributed by atoms with Crippen molar-refractivity contribution in [1.82, 2.24) is 0 Å². The van der Waals surface area contributed by atoms with Crippen LogP contribution in [0.5, 0.6) is 0 Å². The molecule has 3 heteroatoms. The van der Waals surface area contributed by atoms with E-state index in [-0.39, 0.29) is 5.82 Å². The Bertz CT molecular complexity index is 588. The molecule has 17 heavy (non-hydrogen) atoms. The Balaban J connectivity index is 2.46. The standard InChI is InChI=1S/C14H11FO2/c1-17-13(16)9-8-11-7-6-10-4-2-3-5-12(10)14(11)15/h2-9H,1H3/b9-8+. The van der Waals surface area contributed by atoms with Crippen molar-refractivity contribution in [3.8, 4) is 0 Å². The van der Waals surface area contributed by atoms with Crippen LogP contribution in [0.15, 0.2) is 42.5 Å². The van der Waals surface area contributed by atoms with Crippen molar-refractivity contribution in [3.63, 3.8) is 0 Å². The van der Waals surface area contributed by atoms with E-state index in [1.165, 1.54) is 19.3 Å². The molecule has 0 aromatic heterocycles. The van der Waals surface area contributed by atoms with E-state index in [0.29, 0.717) is 10.9 Å². The number of hydrogen-bond acceptors (Lipinski definition) is 2. The fourth-order valence-electron chi connectivity index (χ4n) is 1.61. The number of esters is 1. The molecule has 0 fully saturated rings. The van der Waals surface area contributed by atoms with Crippen LogP contribution in [0, 0.1) is 5.82 Å². The summed E-state index contributed by atoms with van der Waals surface area (Å²) in [5.74, 6) is -0.833. The molecule has 2 aromatic carbocycles. The van der Waals surface area contributed by atoms with Gasteiger partial charge in [0, 0.05) is 17.0 Å². The SMILES string of the molecule is COC(=O)/C=C/c1ccc2ccccc2c1F. The lowest BCUT2D eigenvalue weighted by Gasteiger charge is -2.02. The van der Waals surface area contributed by atoms with E-state index in [0.717, 1.165) is 5.39 Å². The highest BCUT2D eigenvalue weighted by Crippen LogP contribution is 2.21. The maximum atomic E-state index is 14.0. The van der Waals surface area contributed by atoms with Gasteiger partial charge < -0.3 is 4.74 Å². The minimum Gasteiger partial charge on any atom is -0.466 e. The van der Waals surface area contributed by atoms with Gasteiger partial charge in [0.1, 0.15) is 5.82 Å². The molecule has 0 radical (unpaired) electrons. The Hall–Kier alpha value is -2.16. The minimum atomic E-state index is -0.502. The number of benzene rings is 2. The predicted molar refractivity (Wildman–Crippen MR) is 65.0 cm³/mol. The smallest absolute Gasteiger partial charge is 0.330 e. The maximum absolute atomic E-state index is 14.0. The second-order valence-corrected chi connectivity index (χ2v) is 3.55. The molecule has 0 heterocycles. The monoisotopic (exact) mass is 230 g/mol. The molecule has 0 N–H and O–H groups in total. The van der Waals surface area contributed by atoms with Crippen LogP contribution < -0.4 is 0 Å². The molecule has 2 aromatic rings. The van der Waals surface area contributed by atoms with Crippen LogP contribution in [0.1, 0.15) is 5.56 Å². The van der Waals surface area contributed by atoms with Crippen LogP contribution in [0.25, 0.3) is 16.8 Å². The number of carbonyl (C=O) groups is 1. The Morgan fingerprint density at radius 2 is 2.00 bits per heavy atom. The Morgan fingerprint density at radius 3 is 2.76 bits per heavy atom. The van der Waals surface area contributed by atoms with Crippen LogP contribution in [-0.2, 0) is 9.53 Å². The van der Waals surface area contributed by atoms with Crippen LogP contribution in [0.3, 0.4) is 0 Å². The highest BCUT2D eigenvalue weighted by Gasteiger charge is 2.04. The van der Waals surface area contributed by atoms with E-state index in [4.69, 9.17) is 0 Å². The molecule has 0 aliphatic rings. The summed E-state index contributed by atoms with van der Waals surface area (Å²) in [5.41, 5.74) is 0.370. The summed E-state index contributed by atoms with van der Waals surface area (Å²) in [5, 5.41) is 1.37. The van der Waals surface area contributed by atoms with Gasteiger partial charge >= 0.3 is 5.97 Å². The molecule has 0 saturated carbocycles. The van der Waals surface area contributed by atoms with Crippen molar-refractivity contribution in [1.29, 1.82) is 0 Å². The van der Waals surface area contributed by atoms with Crippen molar-refractivity contribution < 1.29 is 13.9 Å². The first-order valence-electron chi connectivity index (χ1n) is 5.15. The maximum Gasteiger partial charge on any atom is 0.330 e. The fraction of sp³-hybridized carbons (Fsp3) is 0.0714. The van der Waals surface area contributed by atoms with Gasteiger partial charge in [0.2, 0.25) is 0 Å². The molecule has 0 aliphatic heterocycles. The van der Waals surface area contributed by atoms with Crippen LogP contribution in [0.2, 0.25) is 0 Å². The highest BCUT2D eigenvalue weighted by molar-refractivity contribution is 5.90. The van der Waals surface area contributed by atoms with Crippen molar-refractivity contribution in [2.75, 3.05) is 7.11 Å². The van der Waals surface area contributed by atoms with Crippen molar-refractivity contribution >= 4 is 22.8 Å². The predicted octanol–water partition coefficient (Wildman–Crippen LogP) is 3.17. The fourth-order valence-corrected chi connectivity index (χ4v) is 1.61. The molecule has 2 rings (SSSR count). The average Bonchev–Trinajstić information content (AvgIpc) is 2.38. The summed E-state index contributed by atoms with van der Waals surface area (Å²) >= 11 is 0. The molecule has 0 aliphatic carbocycles. The molecule has 0 bridgehead atoms. The summed E-state index contributed by atoms with van der Waals surface area (Å²) in [6.07, 6.45) is 2.61. The van der Waals surface area contributed by atoms with Gasteiger partial charge in [0.25, 0.3) is 0 Å². The zero-order valence-corrected chi connectivity index (χ0v) is 9.31. The lowest BCUT2D eigenvalue weighted by atomic mass is 10.1. The first-order valence-corrected chi connectivity index (χ1v) is 5.15. The molecule has 0 unspecified atom stereocenters. The second kappa shape index (κ2) is 4.78. The normalized spacial score (nSPS) is 10.9. The van der Waals surface area contributed by atoms with E-state index >= 15 is 0 Å². The van der Waals surface area contributed by atoms with Gasteiger partial charge in [-0.2, -0.15) is 0 Å². The number of halogens is 1. The number of ether oxygens (including phenoxy) is 1. The van der Waals surface area contributed by atoms with Gasteiger partial charge in [0.15, 0.2) is 0 Å². The molecule has 0 atom stereocenters. The van der Waals surface area contributed by atoms with Crippen molar-refractivity contribution in [2.24, 2.45) is 0 Å². The summed E-state index contributed by atoms with van der Waals surface area (Å²) in [6.45, 7) is 0. The summed E-state index contributed by atoms with van der Waals surface area (Å²) < 4.78 is 18.5. The third kappa shape index (κ3) is 2.33. The third-order valence-corrected chi connectivity index (χ3v) is 2.49. The number of fused-ring (bicyclic) bond motifs is 1. The van der Waals surface area contributed by atoms with E-state index in [2.05, 4.69) is 4.74 Å². The van der Waals surface area contributed by atoms with Crippen LogP contribution in [-0.4, -0.2) is 13.1 Å². The van der Waals surface area contributed by atoms with E-state index in [1.54, 1.807) is 18.2 Å². The highest BCUT2D eigenvalue weighted by atomic mass is 19.1. The molecular weight excluding hydrogens is 219 g/mol. The van der Waals surface area contributed by atoms with Gasteiger partial charge in [-0.05, 0) is 11.5 Å². The van der Waals surface area contributed by atoms with Gasteiger partial charge in [0.05, 0.1) is 7.11 Å². The van der Waals surface area contributed by atoms with Crippen molar-refractivity contribution in [3.05, 3.63) is 53.9 Å². The number of carbonyl (C=O) groups excluding carboxylic acids is 1. The average molecular weight is 230 g/mol. The first kappa shape index (κ1) is 11.3. The van der Waals surface area contributed by atoms with Gasteiger partial charge in [-0.3, -0.25) is 0 Å². The molecular formula is C14H11FO2. The number of methoxy groups -OCH3 is 1. The molecule has 2 nitrogen and oxygen atoms in total. The van der Waals surface area contributed by atoms with E-state index in [9.17, 15) is 9.18 Å². The van der Waals surface area contributed by atoms with Gasteiger partial charge in [-0.1, -0.05) is 36.4 Å². The Kier molecular flexibility index (Phi) is 3.19. The molecule has 0 spiro atoms. The van der Waals surface area contributed by atoms with E-state index < -0.39 is 5.97 Å². The first-order chi connectivity index (χ1) is 8.22. The summed E-state index contributed by atoms with van der Waals surface area (Å²) in [7, 11) is 1.28. The number of rotatable bonds is 2. The largest absolute Gasteiger partial charge is 0.466 e. The summed E-state index contributed by atoms with van der Waals surface area (Å²) in [6, 6.07) is 10.6. The van der Waals surface area contributed by atoms with Crippen LogP contribution >= 0.6 is 0 Å². The minimum absolute atomic E-state index is 0.330. The number of hydrogen-bond donors (Lipinski definition) is 0. The van der Waals surface area contributed by atoms with Crippen molar-refractivity contribution in [2.45, 2.75) is 0 Å². The zero-order chi connectivity index (χ0) is 12.3. The lowest BCUT2D eigenvalue weighted by molar-refractivity contribution is -0.134. The summed E-state index contributed by atoms with van der Waals surface area (Å²) in [4.78, 5) is 10.9. The molecule has 0 amide bonds. The topological polar surface area (TPSA) is 26.3 Å². The van der Waals surface area contributed by atoms with Crippen LogP contribution in [0.4, 0.5) is 4.39 Å². The zero-order valence-electron chi connectivity index (χ0n) is 9.31. The quantitative estimate of drug-likeness (QED) is 0.585. The Morgan fingerprint density at radius 1 is 1.24 bits per heavy atom. The van der Waals surface area contributed by atoms with E-state index in [1.807, 2.05) is 18.2 Å². The Labute approximate surface area is 98.3 Å². The lowest BCUT2D eigenvalue weighted by Crippen LogP contribution is -1.94. The molecule has 86 valence electrons. The molecule has 0 saturated heterocycles.